The number of carbonyl (C=O) groups is 1. The van der Waals surface area contributed by atoms with Crippen molar-refractivity contribution in [2.75, 3.05) is 5.32 Å². The first-order valence-electron chi connectivity index (χ1n) is 6.55. The van der Waals surface area contributed by atoms with Crippen LogP contribution in [0.3, 0.4) is 0 Å². The summed E-state index contributed by atoms with van der Waals surface area (Å²) in [6, 6.07) is 3.96. The van der Waals surface area contributed by atoms with Crippen molar-refractivity contribution in [3.05, 3.63) is 23.8 Å². The maximum absolute atomic E-state index is 11.3. The van der Waals surface area contributed by atoms with Crippen molar-refractivity contribution < 1.29 is 18.3 Å². The van der Waals surface area contributed by atoms with Gasteiger partial charge in [0.05, 0.1) is 10.5 Å². The predicted molar refractivity (Wildman–Crippen MR) is 79.7 cm³/mol. The number of benzene rings is 1. The number of primary sulfonamides is 1. The molecule has 1 fully saturated rings. The van der Waals surface area contributed by atoms with E-state index < -0.39 is 16.0 Å². The zero-order chi connectivity index (χ0) is 16.2. The number of carboxylic acids is 1. The molecule has 0 spiro atoms. The van der Waals surface area contributed by atoms with E-state index in [-0.39, 0.29) is 27.3 Å². The number of sulfonamides is 1. The van der Waals surface area contributed by atoms with Gasteiger partial charge >= 0.3 is 5.97 Å². The Balaban J connectivity index is 2.40. The van der Waals surface area contributed by atoms with Crippen LogP contribution in [-0.2, 0) is 10.0 Å². The normalized spacial score (nSPS) is 20.0. The molecule has 4 N–H and O–H groups in total. The molecule has 6 nitrogen and oxygen atoms in total. The zero-order valence-corrected chi connectivity index (χ0v) is 13.3. The topological polar surface area (TPSA) is 109 Å². The first-order chi connectivity index (χ1) is 9.39. The second kappa shape index (κ2) is 4.45. The van der Waals surface area contributed by atoms with Gasteiger partial charge in [-0.3, -0.25) is 0 Å². The van der Waals surface area contributed by atoms with Gasteiger partial charge < -0.3 is 10.4 Å². The van der Waals surface area contributed by atoms with Crippen LogP contribution < -0.4 is 10.5 Å². The van der Waals surface area contributed by atoms with E-state index in [0.29, 0.717) is 5.69 Å². The van der Waals surface area contributed by atoms with Crippen molar-refractivity contribution >= 4 is 21.7 Å². The number of carboxylic acid groups (broad SMARTS) is 1. The van der Waals surface area contributed by atoms with Crippen LogP contribution >= 0.6 is 0 Å². The number of aromatic carboxylic acids is 1. The summed E-state index contributed by atoms with van der Waals surface area (Å²) in [4.78, 5) is 11.1. The van der Waals surface area contributed by atoms with E-state index in [1.807, 2.05) is 0 Å². The Hall–Kier alpha value is -1.60. The quantitative estimate of drug-likeness (QED) is 0.786. The Morgan fingerprint density at radius 3 is 2.14 bits per heavy atom. The first kappa shape index (κ1) is 15.8. The molecule has 1 aromatic rings. The van der Waals surface area contributed by atoms with E-state index in [0.717, 1.165) is 6.07 Å². The summed E-state index contributed by atoms with van der Waals surface area (Å²) in [7, 11) is -3.93. The maximum Gasteiger partial charge on any atom is 0.337 e. The number of nitrogens with two attached hydrogens (primary N) is 1. The standard InChI is InChI=1S/C14H20N2O4S/c1-13(2)12(14(13,3)4)16-10-6-5-8(21(15,19)20)7-9(10)11(17)18/h5-7,12,16H,1-4H3,(H,17,18)(H2,15,19,20). The number of hydrogen-bond donors (Lipinski definition) is 3. The van der Waals surface area contributed by atoms with Crippen molar-refractivity contribution in [3.63, 3.8) is 0 Å². The largest absolute Gasteiger partial charge is 0.478 e. The van der Waals surface area contributed by atoms with E-state index >= 15 is 0 Å². The van der Waals surface area contributed by atoms with Crippen molar-refractivity contribution in [1.29, 1.82) is 0 Å². The molecule has 0 heterocycles. The van der Waals surface area contributed by atoms with Crippen LogP contribution in [0.4, 0.5) is 5.69 Å². The molecular formula is C14H20N2O4S. The third-order valence-corrected chi connectivity index (χ3v) is 5.78. The molecule has 1 aromatic carbocycles. The molecule has 0 aromatic heterocycles. The second-order valence-corrected chi connectivity index (χ2v) is 8.14. The van der Waals surface area contributed by atoms with Crippen LogP contribution in [0, 0.1) is 10.8 Å². The lowest BCUT2D eigenvalue weighted by Gasteiger charge is -2.12. The Kier molecular flexibility index (Phi) is 3.34. The average molecular weight is 312 g/mol. The second-order valence-electron chi connectivity index (χ2n) is 6.58. The minimum atomic E-state index is -3.93. The Morgan fingerprint density at radius 1 is 1.24 bits per heavy atom. The van der Waals surface area contributed by atoms with Gasteiger partial charge in [0.2, 0.25) is 10.0 Å². The highest BCUT2D eigenvalue weighted by Crippen LogP contribution is 2.63. The van der Waals surface area contributed by atoms with Crippen molar-refractivity contribution in [2.24, 2.45) is 16.0 Å². The van der Waals surface area contributed by atoms with E-state index in [2.05, 4.69) is 33.0 Å². The van der Waals surface area contributed by atoms with Crippen LogP contribution in [0.2, 0.25) is 0 Å². The summed E-state index contributed by atoms with van der Waals surface area (Å²) in [6.07, 6.45) is 0. The SMILES string of the molecule is CC1(C)C(Nc2ccc(S(N)(=O)=O)cc2C(=O)O)C1(C)C. The molecule has 0 amide bonds. The average Bonchev–Trinajstić information content (AvgIpc) is 2.70. The highest BCUT2D eigenvalue weighted by molar-refractivity contribution is 7.89. The van der Waals surface area contributed by atoms with Crippen LogP contribution in [0.5, 0.6) is 0 Å². The molecule has 7 heteroatoms. The molecule has 0 radical (unpaired) electrons. The zero-order valence-electron chi connectivity index (χ0n) is 12.5. The third-order valence-electron chi connectivity index (χ3n) is 4.87. The van der Waals surface area contributed by atoms with Gasteiger partial charge in [-0.1, -0.05) is 27.7 Å². The number of hydrogen-bond acceptors (Lipinski definition) is 4. The lowest BCUT2D eigenvalue weighted by Crippen LogP contribution is -2.16. The molecule has 0 unspecified atom stereocenters. The summed E-state index contributed by atoms with van der Waals surface area (Å²) >= 11 is 0. The van der Waals surface area contributed by atoms with Gasteiger partial charge in [-0.25, -0.2) is 18.4 Å². The van der Waals surface area contributed by atoms with Crippen molar-refractivity contribution in [1.82, 2.24) is 0 Å². The fourth-order valence-corrected chi connectivity index (χ4v) is 3.26. The predicted octanol–water partition coefficient (Wildman–Crippen LogP) is 1.88. The van der Waals surface area contributed by atoms with E-state index in [1.54, 1.807) is 0 Å². The molecule has 21 heavy (non-hydrogen) atoms. The molecule has 0 saturated heterocycles. The van der Waals surface area contributed by atoms with Crippen molar-refractivity contribution in [2.45, 2.75) is 38.6 Å². The Bertz CT molecular complexity index is 694. The first-order valence-corrected chi connectivity index (χ1v) is 8.10. The molecule has 0 atom stereocenters. The number of nitrogens with one attached hydrogen (secondary N) is 1. The summed E-state index contributed by atoms with van der Waals surface area (Å²) in [5.41, 5.74) is 0.363. The highest BCUT2D eigenvalue weighted by Gasteiger charge is 2.65. The van der Waals surface area contributed by atoms with Gasteiger partial charge in [-0.2, -0.15) is 0 Å². The molecular weight excluding hydrogens is 292 g/mol. The highest BCUT2D eigenvalue weighted by atomic mass is 32.2. The molecule has 1 aliphatic rings. The van der Waals surface area contributed by atoms with Gasteiger partial charge in [0.15, 0.2) is 0 Å². The summed E-state index contributed by atoms with van der Waals surface area (Å²) in [6.45, 7) is 8.40. The monoisotopic (exact) mass is 312 g/mol. The molecule has 1 aliphatic carbocycles. The summed E-state index contributed by atoms with van der Waals surface area (Å²) < 4.78 is 22.6. The minimum absolute atomic E-state index is 0.0292. The maximum atomic E-state index is 11.3. The van der Waals surface area contributed by atoms with E-state index in [4.69, 9.17) is 5.14 Å². The number of anilines is 1. The van der Waals surface area contributed by atoms with Crippen LogP contribution in [-0.4, -0.2) is 25.5 Å². The minimum Gasteiger partial charge on any atom is -0.478 e. The summed E-state index contributed by atoms with van der Waals surface area (Å²) in [5, 5.41) is 17.5. The third kappa shape index (κ3) is 2.51. The fraction of sp³-hybridized carbons (Fsp3) is 0.500. The Morgan fingerprint density at radius 2 is 1.76 bits per heavy atom. The number of rotatable bonds is 4. The van der Waals surface area contributed by atoms with Crippen LogP contribution in [0.1, 0.15) is 38.1 Å². The van der Waals surface area contributed by atoms with Gasteiger partial charge in [-0.05, 0) is 29.0 Å². The van der Waals surface area contributed by atoms with E-state index in [1.165, 1.54) is 12.1 Å². The Labute approximate surface area is 124 Å². The molecule has 2 rings (SSSR count). The van der Waals surface area contributed by atoms with Crippen LogP contribution in [0.15, 0.2) is 23.1 Å². The molecule has 1 saturated carbocycles. The van der Waals surface area contributed by atoms with Gasteiger partial charge in [0.1, 0.15) is 0 Å². The molecule has 116 valence electrons. The van der Waals surface area contributed by atoms with Crippen molar-refractivity contribution in [3.8, 4) is 0 Å². The lowest BCUT2D eigenvalue weighted by atomic mass is 10.0. The summed E-state index contributed by atoms with van der Waals surface area (Å²) in [5.74, 6) is -1.20. The molecule has 0 bridgehead atoms. The van der Waals surface area contributed by atoms with E-state index in [9.17, 15) is 18.3 Å². The molecule has 0 aliphatic heterocycles. The van der Waals surface area contributed by atoms with Gasteiger partial charge in [-0.15, -0.1) is 0 Å². The lowest BCUT2D eigenvalue weighted by molar-refractivity contribution is 0.0697. The fourth-order valence-electron chi connectivity index (χ4n) is 2.72. The van der Waals surface area contributed by atoms with Gasteiger partial charge in [0.25, 0.3) is 0 Å². The van der Waals surface area contributed by atoms with Crippen LogP contribution in [0.25, 0.3) is 0 Å². The van der Waals surface area contributed by atoms with Gasteiger partial charge in [0, 0.05) is 11.7 Å². The smallest absolute Gasteiger partial charge is 0.337 e.